The highest BCUT2D eigenvalue weighted by molar-refractivity contribution is 9.10. The Morgan fingerprint density at radius 1 is 1.38 bits per heavy atom. The smallest absolute Gasteiger partial charge is 0.267 e. The van der Waals surface area contributed by atoms with E-state index >= 15 is 0 Å². The van der Waals surface area contributed by atoms with E-state index in [0.717, 1.165) is 25.9 Å². The number of fused-ring (bicyclic) bond motifs is 1. The third-order valence-electron chi connectivity index (χ3n) is 3.16. The molecule has 1 amide bonds. The highest BCUT2D eigenvalue weighted by Crippen LogP contribution is 2.32. The molecule has 3 N–H and O–H groups in total. The van der Waals surface area contributed by atoms with E-state index in [0.29, 0.717) is 10.6 Å². The van der Waals surface area contributed by atoms with Crippen molar-refractivity contribution in [3.63, 3.8) is 0 Å². The quantitative estimate of drug-likeness (QED) is 0.718. The summed E-state index contributed by atoms with van der Waals surface area (Å²) >= 11 is 4.70. The average Bonchev–Trinajstić information content (AvgIpc) is 2.81. The number of carbonyl (C=O) groups excluding carboxylic acids is 1. The topological polar surface area (TPSA) is 68.0 Å². The summed E-state index contributed by atoms with van der Waals surface area (Å²) in [5.41, 5.74) is 8.29. The van der Waals surface area contributed by atoms with Crippen molar-refractivity contribution in [1.29, 1.82) is 0 Å². The first-order chi connectivity index (χ1) is 10.1. The van der Waals surface area contributed by atoms with Crippen molar-refractivity contribution in [3.8, 4) is 0 Å². The number of halogens is 1. The second kappa shape index (κ2) is 5.46. The molecule has 0 spiro atoms. The zero-order chi connectivity index (χ0) is 15.0. The van der Waals surface area contributed by atoms with E-state index in [1.807, 2.05) is 37.3 Å². The van der Waals surface area contributed by atoms with Gasteiger partial charge in [-0.05, 0) is 36.8 Å². The van der Waals surface area contributed by atoms with E-state index in [1.165, 1.54) is 11.3 Å². The number of amides is 1. The Morgan fingerprint density at radius 3 is 2.95 bits per heavy atom. The Labute approximate surface area is 134 Å². The van der Waals surface area contributed by atoms with E-state index in [9.17, 15) is 4.79 Å². The minimum atomic E-state index is -0.211. The van der Waals surface area contributed by atoms with Crippen molar-refractivity contribution in [2.75, 3.05) is 11.1 Å². The molecule has 3 aromatic rings. The lowest BCUT2D eigenvalue weighted by Crippen LogP contribution is -2.12. The number of aromatic nitrogens is 1. The average molecular weight is 362 g/mol. The molecule has 4 nitrogen and oxygen atoms in total. The van der Waals surface area contributed by atoms with Gasteiger partial charge in [0, 0.05) is 21.7 Å². The van der Waals surface area contributed by atoms with Crippen molar-refractivity contribution >= 4 is 54.8 Å². The number of thiophene rings is 1. The molecule has 106 valence electrons. The summed E-state index contributed by atoms with van der Waals surface area (Å²) < 4.78 is 0.911. The Bertz CT molecular complexity index is 844. The third-order valence-corrected chi connectivity index (χ3v) is 4.78. The maximum absolute atomic E-state index is 12.4. The van der Waals surface area contributed by atoms with Gasteiger partial charge in [0.15, 0.2) is 0 Å². The second-order valence-electron chi connectivity index (χ2n) is 4.61. The largest absolute Gasteiger partial charge is 0.397 e. The second-order valence-corrected chi connectivity index (χ2v) is 6.53. The van der Waals surface area contributed by atoms with Gasteiger partial charge in [0.1, 0.15) is 9.71 Å². The van der Waals surface area contributed by atoms with Crippen molar-refractivity contribution in [2.24, 2.45) is 0 Å². The molecule has 0 fully saturated rings. The molecule has 1 aromatic carbocycles. The first-order valence-corrected chi connectivity index (χ1v) is 7.87. The maximum Gasteiger partial charge on any atom is 0.267 e. The molecule has 6 heteroatoms. The number of nitrogens with two attached hydrogens (primary N) is 1. The first kappa shape index (κ1) is 14.0. The van der Waals surface area contributed by atoms with Gasteiger partial charge in [-0.2, -0.15) is 0 Å². The molecule has 0 aliphatic heterocycles. The molecular formula is C15H12BrN3OS. The van der Waals surface area contributed by atoms with Gasteiger partial charge >= 0.3 is 0 Å². The number of nitrogen functional groups attached to an aromatic ring is 1. The summed E-state index contributed by atoms with van der Waals surface area (Å²) in [6.07, 6.45) is 1.69. The van der Waals surface area contributed by atoms with Crippen LogP contribution >= 0.6 is 27.3 Å². The zero-order valence-electron chi connectivity index (χ0n) is 11.2. The van der Waals surface area contributed by atoms with E-state index in [-0.39, 0.29) is 5.91 Å². The van der Waals surface area contributed by atoms with Crippen LogP contribution in [0.4, 0.5) is 11.4 Å². The number of pyridine rings is 1. The highest BCUT2D eigenvalue weighted by Gasteiger charge is 2.17. The predicted octanol–water partition coefficient (Wildman–Crippen LogP) is 4.20. The highest BCUT2D eigenvalue weighted by atomic mass is 79.9. The molecule has 0 atom stereocenters. The van der Waals surface area contributed by atoms with Crippen LogP contribution in [-0.4, -0.2) is 10.9 Å². The summed E-state index contributed by atoms with van der Waals surface area (Å²) in [5, 5.41) is 3.72. The lowest BCUT2D eigenvalue weighted by Gasteiger charge is -2.08. The molecule has 2 aromatic heterocycles. The van der Waals surface area contributed by atoms with Crippen LogP contribution in [0.5, 0.6) is 0 Å². The number of rotatable bonds is 2. The van der Waals surface area contributed by atoms with Gasteiger partial charge in [-0.25, -0.2) is 4.98 Å². The fourth-order valence-electron chi connectivity index (χ4n) is 2.03. The monoisotopic (exact) mass is 361 g/mol. The molecule has 2 heterocycles. The molecule has 0 aliphatic rings. The van der Waals surface area contributed by atoms with E-state index < -0.39 is 0 Å². The fraction of sp³-hybridized carbons (Fsp3) is 0.0667. The number of anilines is 2. The third kappa shape index (κ3) is 2.64. The first-order valence-electron chi connectivity index (χ1n) is 6.27. The van der Waals surface area contributed by atoms with E-state index in [2.05, 4.69) is 26.2 Å². The molecule has 0 unspecified atom stereocenters. The SMILES string of the molecule is Cc1ccc(Br)cc1NC(=O)c1sc2ncccc2c1N. The number of benzene rings is 1. The summed E-state index contributed by atoms with van der Waals surface area (Å²) in [6, 6.07) is 9.42. The Kier molecular flexibility index (Phi) is 3.65. The van der Waals surface area contributed by atoms with Crippen molar-refractivity contribution in [1.82, 2.24) is 4.98 Å². The molecule has 0 bridgehead atoms. The Morgan fingerprint density at radius 2 is 2.19 bits per heavy atom. The molecule has 0 radical (unpaired) electrons. The van der Waals surface area contributed by atoms with Crippen LogP contribution in [0.2, 0.25) is 0 Å². The fourth-order valence-corrected chi connectivity index (χ4v) is 3.35. The van der Waals surface area contributed by atoms with Gasteiger partial charge in [0.2, 0.25) is 0 Å². The lowest BCUT2D eigenvalue weighted by molar-refractivity contribution is 0.103. The van der Waals surface area contributed by atoms with Crippen molar-refractivity contribution in [2.45, 2.75) is 6.92 Å². The standard InChI is InChI=1S/C15H12BrN3OS/c1-8-4-5-9(16)7-11(8)19-14(20)13-12(17)10-3-2-6-18-15(10)21-13/h2-7H,17H2,1H3,(H,19,20). The molecule has 0 saturated carbocycles. The number of aryl methyl sites for hydroxylation is 1. The number of hydrogen-bond acceptors (Lipinski definition) is 4. The summed E-state index contributed by atoms with van der Waals surface area (Å²) in [4.78, 5) is 17.9. The molecule has 0 aliphatic carbocycles. The summed E-state index contributed by atoms with van der Waals surface area (Å²) in [7, 11) is 0. The number of nitrogens with one attached hydrogen (secondary N) is 1. The molecule has 3 rings (SSSR count). The van der Waals surface area contributed by atoms with Crippen LogP contribution in [0, 0.1) is 6.92 Å². The van der Waals surface area contributed by atoms with Crippen molar-refractivity contribution in [3.05, 3.63) is 51.4 Å². The molecule has 0 saturated heterocycles. The normalized spacial score (nSPS) is 10.8. The molecular weight excluding hydrogens is 350 g/mol. The van der Waals surface area contributed by atoms with Crippen molar-refractivity contribution < 1.29 is 4.79 Å². The van der Waals surface area contributed by atoms with Gasteiger partial charge in [0.05, 0.1) is 5.69 Å². The van der Waals surface area contributed by atoms with Gasteiger partial charge < -0.3 is 11.1 Å². The Hall–Kier alpha value is -1.92. The maximum atomic E-state index is 12.4. The zero-order valence-corrected chi connectivity index (χ0v) is 13.6. The van der Waals surface area contributed by atoms with Crippen LogP contribution < -0.4 is 11.1 Å². The van der Waals surface area contributed by atoms with Crippen LogP contribution in [0.15, 0.2) is 41.0 Å². The van der Waals surface area contributed by atoms with Gasteiger partial charge in [-0.3, -0.25) is 4.79 Å². The van der Waals surface area contributed by atoms with Crippen LogP contribution in [-0.2, 0) is 0 Å². The van der Waals surface area contributed by atoms with Gasteiger partial charge in [-0.1, -0.05) is 22.0 Å². The van der Waals surface area contributed by atoms with Crippen LogP contribution in [0.3, 0.4) is 0 Å². The number of nitrogens with zero attached hydrogens (tertiary/aromatic N) is 1. The number of carbonyl (C=O) groups is 1. The van der Waals surface area contributed by atoms with Crippen LogP contribution in [0.1, 0.15) is 15.2 Å². The van der Waals surface area contributed by atoms with Crippen LogP contribution in [0.25, 0.3) is 10.2 Å². The minimum Gasteiger partial charge on any atom is -0.397 e. The minimum absolute atomic E-state index is 0.211. The summed E-state index contributed by atoms with van der Waals surface area (Å²) in [6.45, 7) is 1.94. The van der Waals surface area contributed by atoms with Gasteiger partial charge in [-0.15, -0.1) is 11.3 Å². The number of hydrogen-bond donors (Lipinski definition) is 2. The predicted molar refractivity (Wildman–Crippen MR) is 90.9 cm³/mol. The summed E-state index contributed by atoms with van der Waals surface area (Å²) in [5.74, 6) is -0.211. The lowest BCUT2D eigenvalue weighted by atomic mass is 10.2. The van der Waals surface area contributed by atoms with E-state index in [4.69, 9.17) is 5.73 Å². The Balaban J connectivity index is 1.97. The van der Waals surface area contributed by atoms with Gasteiger partial charge in [0.25, 0.3) is 5.91 Å². The van der Waals surface area contributed by atoms with E-state index in [1.54, 1.807) is 6.20 Å². The molecule has 21 heavy (non-hydrogen) atoms.